The van der Waals surface area contributed by atoms with Crippen molar-refractivity contribution in [3.8, 4) is 0 Å². The molecule has 0 aliphatic rings. The summed E-state index contributed by atoms with van der Waals surface area (Å²) in [5.41, 5.74) is 0.748. The van der Waals surface area contributed by atoms with E-state index in [4.69, 9.17) is 16.7 Å². The van der Waals surface area contributed by atoms with E-state index in [1.54, 1.807) is 30.3 Å². The number of rotatable bonds is 7. The molecule has 0 radical (unpaired) electrons. The van der Waals surface area contributed by atoms with Crippen molar-refractivity contribution in [1.29, 1.82) is 0 Å². The summed E-state index contributed by atoms with van der Waals surface area (Å²) < 4.78 is 0. The fraction of sp³-hybridized carbons (Fsp3) is 0.286. The van der Waals surface area contributed by atoms with E-state index in [1.165, 1.54) is 0 Å². The van der Waals surface area contributed by atoms with Gasteiger partial charge in [-0.25, -0.2) is 4.79 Å². The average molecular weight is 282 g/mol. The Balaban J connectivity index is 2.57. The first-order chi connectivity index (χ1) is 9.02. The largest absolute Gasteiger partial charge is 0.480 e. The van der Waals surface area contributed by atoms with Crippen LogP contribution in [0.4, 0.5) is 0 Å². The molecule has 102 valence electrons. The zero-order chi connectivity index (χ0) is 14.3. The third kappa shape index (κ3) is 5.57. The van der Waals surface area contributed by atoms with Gasteiger partial charge < -0.3 is 10.4 Å². The maximum absolute atomic E-state index is 11.8. The number of aliphatic carboxylic acids is 1. The molecule has 0 spiro atoms. The topological polar surface area (TPSA) is 66.4 Å². The van der Waals surface area contributed by atoms with Gasteiger partial charge >= 0.3 is 5.97 Å². The highest BCUT2D eigenvalue weighted by Gasteiger charge is 2.18. The molecule has 1 amide bonds. The van der Waals surface area contributed by atoms with Crippen molar-refractivity contribution in [1.82, 2.24) is 5.32 Å². The first kappa shape index (κ1) is 15.2. The third-order valence-electron chi connectivity index (χ3n) is 2.55. The molecule has 0 aromatic heterocycles. The fourth-order valence-corrected chi connectivity index (χ4v) is 1.83. The Morgan fingerprint density at radius 3 is 2.79 bits per heavy atom. The van der Waals surface area contributed by atoms with Crippen LogP contribution in [0, 0.1) is 0 Å². The molecule has 4 nitrogen and oxygen atoms in total. The van der Waals surface area contributed by atoms with Gasteiger partial charge in [-0.15, -0.1) is 6.58 Å². The summed E-state index contributed by atoms with van der Waals surface area (Å²) in [7, 11) is 0. The SMILES string of the molecule is C=CCCC(NC(=O)Cc1cccc(Cl)c1)C(=O)O. The van der Waals surface area contributed by atoms with Crippen LogP contribution in [0.5, 0.6) is 0 Å². The molecule has 1 rings (SSSR count). The van der Waals surface area contributed by atoms with E-state index >= 15 is 0 Å². The number of nitrogens with one attached hydrogen (secondary N) is 1. The summed E-state index contributed by atoms with van der Waals surface area (Å²) in [6, 6.07) is 6.03. The van der Waals surface area contributed by atoms with Gasteiger partial charge in [0.25, 0.3) is 0 Å². The maximum atomic E-state index is 11.8. The molecule has 19 heavy (non-hydrogen) atoms. The molecule has 0 aliphatic carbocycles. The number of carboxylic acids is 1. The number of hydrogen-bond donors (Lipinski definition) is 2. The van der Waals surface area contributed by atoms with E-state index in [0.717, 1.165) is 5.56 Å². The van der Waals surface area contributed by atoms with Gasteiger partial charge in [0, 0.05) is 5.02 Å². The number of hydrogen-bond acceptors (Lipinski definition) is 2. The van der Waals surface area contributed by atoms with E-state index in [9.17, 15) is 9.59 Å². The Morgan fingerprint density at radius 1 is 1.47 bits per heavy atom. The second-order valence-electron chi connectivity index (χ2n) is 4.13. The number of amides is 1. The molecule has 0 heterocycles. The summed E-state index contributed by atoms with van der Waals surface area (Å²) in [6.45, 7) is 3.53. The Morgan fingerprint density at radius 2 is 2.21 bits per heavy atom. The minimum absolute atomic E-state index is 0.110. The van der Waals surface area contributed by atoms with Crippen molar-refractivity contribution in [2.45, 2.75) is 25.3 Å². The third-order valence-corrected chi connectivity index (χ3v) is 2.78. The highest BCUT2D eigenvalue weighted by Crippen LogP contribution is 2.11. The van der Waals surface area contributed by atoms with Crippen LogP contribution < -0.4 is 5.32 Å². The Labute approximate surface area is 117 Å². The van der Waals surface area contributed by atoms with Crippen LogP contribution in [0.15, 0.2) is 36.9 Å². The zero-order valence-electron chi connectivity index (χ0n) is 10.4. The number of benzene rings is 1. The Kier molecular flexibility index (Phi) is 6.09. The predicted molar refractivity (Wildman–Crippen MR) is 74.2 cm³/mol. The number of carboxylic acid groups (broad SMARTS) is 1. The number of allylic oxidation sites excluding steroid dienone is 1. The smallest absolute Gasteiger partial charge is 0.326 e. The minimum atomic E-state index is -1.04. The zero-order valence-corrected chi connectivity index (χ0v) is 11.2. The van der Waals surface area contributed by atoms with Crippen LogP contribution in [-0.4, -0.2) is 23.0 Å². The molecule has 1 atom stereocenters. The highest BCUT2D eigenvalue weighted by molar-refractivity contribution is 6.30. The van der Waals surface area contributed by atoms with Crippen molar-refractivity contribution in [2.75, 3.05) is 0 Å². The fourth-order valence-electron chi connectivity index (χ4n) is 1.62. The van der Waals surface area contributed by atoms with E-state index < -0.39 is 12.0 Å². The van der Waals surface area contributed by atoms with Gasteiger partial charge in [-0.05, 0) is 30.5 Å². The first-order valence-corrected chi connectivity index (χ1v) is 6.28. The lowest BCUT2D eigenvalue weighted by molar-refractivity contribution is -0.141. The molecule has 1 aromatic carbocycles. The molecular formula is C14H16ClNO3. The van der Waals surface area contributed by atoms with Crippen molar-refractivity contribution < 1.29 is 14.7 Å². The summed E-state index contributed by atoms with van der Waals surface area (Å²) in [5, 5.41) is 12.0. The second kappa shape index (κ2) is 7.59. The molecular weight excluding hydrogens is 266 g/mol. The average Bonchev–Trinajstić information content (AvgIpc) is 2.34. The van der Waals surface area contributed by atoms with Crippen LogP contribution in [0.1, 0.15) is 18.4 Å². The molecule has 2 N–H and O–H groups in total. The predicted octanol–water partition coefficient (Wildman–Crippen LogP) is 2.42. The standard InChI is InChI=1S/C14H16ClNO3/c1-2-3-7-12(14(18)19)16-13(17)9-10-5-4-6-11(15)8-10/h2,4-6,8,12H,1,3,7,9H2,(H,16,17)(H,18,19). The van der Waals surface area contributed by atoms with E-state index in [1.807, 2.05) is 0 Å². The van der Waals surface area contributed by atoms with E-state index in [0.29, 0.717) is 17.9 Å². The molecule has 0 aliphatic heterocycles. The van der Waals surface area contributed by atoms with Gasteiger partial charge in [0.15, 0.2) is 0 Å². The van der Waals surface area contributed by atoms with Gasteiger partial charge in [-0.3, -0.25) is 4.79 Å². The second-order valence-corrected chi connectivity index (χ2v) is 4.57. The first-order valence-electron chi connectivity index (χ1n) is 5.90. The Hall–Kier alpha value is -1.81. The number of halogens is 1. The highest BCUT2D eigenvalue weighted by atomic mass is 35.5. The lowest BCUT2D eigenvalue weighted by Gasteiger charge is -2.13. The molecule has 0 saturated heterocycles. The van der Waals surface area contributed by atoms with Crippen LogP contribution >= 0.6 is 11.6 Å². The molecule has 1 aromatic rings. The molecule has 0 fully saturated rings. The van der Waals surface area contributed by atoms with Crippen LogP contribution in [0.2, 0.25) is 5.02 Å². The van der Waals surface area contributed by atoms with Gasteiger partial charge in [-0.1, -0.05) is 29.8 Å². The van der Waals surface area contributed by atoms with Crippen molar-refractivity contribution in [2.24, 2.45) is 0 Å². The lowest BCUT2D eigenvalue weighted by atomic mass is 10.1. The van der Waals surface area contributed by atoms with Gasteiger partial charge in [0.2, 0.25) is 5.91 Å². The quantitative estimate of drug-likeness (QED) is 0.754. The Bertz CT molecular complexity index is 474. The van der Waals surface area contributed by atoms with E-state index in [-0.39, 0.29) is 12.3 Å². The van der Waals surface area contributed by atoms with E-state index in [2.05, 4.69) is 11.9 Å². The summed E-state index contributed by atoms with van der Waals surface area (Å²) in [5.74, 6) is -1.37. The number of carbonyl (C=O) groups is 2. The summed E-state index contributed by atoms with van der Waals surface area (Å²) in [6.07, 6.45) is 2.60. The van der Waals surface area contributed by atoms with Crippen LogP contribution in [0.25, 0.3) is 0 Å². The summed E-state index contributed by atoms with van der Waals surface area (Å²) in [4.78, 5) is 22.7. The van der Waals surface area contributed by atoms with Crippen molar-refractivity contribution >= 4 is 23.5 Å². The molecule has 1 unspecified atom stereocenters. The van der Waals surface area contributed by atoms with Crippen LogP contribution in [0.3, 0.4) is 0 Å². The normalized spacial score (nSPS) is 11.6. The summed E-state index contributed by atoms with van der Waals surface area (Å²) >= 11 is 5.82. The van der Waals surface area contributed by atoms with Crippen molar-refractivity contribution in [3.05, 3.63) is 47.5 Å². The van der Waals surface area contributed by atoms with Gasteiger partial charge in [0.1, 0.15) is 6.04 Å². The molecule has 0 saturated carbocycles. The van der Waals surface area contributed by atoms with Crippen molar-refractivity contribution in [3.63, 3.8) is 0 Å². The molecule has 5 heteroatoms. The minimum Gasteiger partial charge on any atom is -0.480 e. The monoisotopic (exact) mass is 281 g/mol. The van der Waals surface area contributed by atoms with Gasteiger partial charge in [-0.2, -0.15) is 0 Å². The lowest BCUT2D eigenvalue weighted by Crippen LogP contribution is -2.41. The molecule has 0 bridgehead atoms. The van der Waals surface area contributed by atoms with Gasteiger partial charge in [0.05, 0.1) is 6.42 Å². The number of carbonyl (C=O) groups excluding carboxylic acids is 1. The maximum Gasteiger partial charge on any atom is 0.326 e. The van der Waals surface area contributed by atoms with Crippen LogP contribution in [-0.2, 0) is 16.0 Å².